The average molecular weight is 292 g/mol. The van der Waals surface area contributed by atoms with Crippen LogP contribution in [0.3, 0.4) is 0 Å². The smallest absolute Gasteiger partial charge is 0.262 e. The van der Waals surface area contributed by atoms with E-state index in [1.54, 1.807) is 16.3 Å². The van der Waals surface area contributed by atoms with Crippen LogP contribution < -0.4 is 5.56 Å². The second-order valence-corrected chi connectivity index (χ2v) is 5.58. The van der Waals surface area contributed by atoms with Gasteiger partial charge in [-0.3, -0.25) is 9.36 Å². The van der Waals surface area contributed by atoms with Crippen molar-refractivity contribution in [1.29, 1.82) is 0 Å². The maximum atomic E-state index is 12.6. The molecular weight excluding hydrogens is 272 g/mol. The zero-order valence-electron chi connectivity index (χ0n) is 12.0. The van der Waals surface area contributed by atoms with Crippen LogP contribution in [0.5, 0.6) is 0 Å². The molecule has 0 amide bonds. The number of hydrogen-bond donors (Lipinski definition) is 0. The molecule has 0 bridgehead atoms. The Bertz CT molecular complexity index is 625. The van der Waals surface area contributed by atoms with Crippen molar-refractivity contribution in [2.24, 2.45) is 0 Å². The lowest BCUT2D eigenvalue weighted by Crippen LogP contribution is -2.24. The summed E-state index contributed by atoms with van der Waals surface area (Å²) < 4.78 is 7.11. The molecule has 108 valence electrons. The van der Waals surface area contributed by atoms with Crippen LogP contribution in [0.2, 0.25) is 0 Å². The van der Waals surface area contributed by atoms with Gasteiger partial charge in [0.05, 0.1) is 10.9 Å². The Labute approximate surface area is 123 Å². The van der Waals surface area contributed by atoms with Gasteiger partial charge in [0, 0.05) is 19.8 Å². The predicted molar refractivity (Wildman–Crippen MR) is 83.5 cm³/mol. The van der Waals surface area contributed by atoms with Crippen molar-refractivity contribution in [3.8, 4) is 0 Å². The van der Waals surface area contributed by atoms with E-state index >= 15 is 0 Å². The van der Waals surface area contributed by atoms with E-state index in [0.29, 0.717) is 25.1 Å². The van der Waals surface area contributed by atoms with Gasteiger partial charge in [-0.1, -0.05) is 30.8 Å². The van der Waals surface area contributed by atoms with Crippen LogP contribution in [-0.4, -0.2) is 28.5 Å². The fraction of sp³-hybridized carbons (Fsp3) is 0.467. The van der Waals surface area contributed by atoms with Crippen LogP contribution in [0.1, 0.15) is 20.3 Å². The first-order valence-electron chi connectivity index (χ1n) is 6.98. The van der Waals surface area contributed by atoms with Gasteiger partial charge >= 0.3 is 0 Å². The highest BCUT2D eigenvalue weighted by molar-refractivity contribution is 7.99. The first kappa shape index (κ1) is 15.1. The van der Waals surface area contributed by atoms with Gasteiger partial charge in [-0.2, -0.15) is 0 Å². The maximum absolute atomic E-state index is 12.6. The number of benzene rings is 1. The van der Waals surface area contributed by atoms with Crippen molar-refractivity contribution in [1.82, 2.24) is 9.55 Å². The molecule has 0 aliphatic carbocycles. The third-order valence-electron chi connectivity index (χ3n) is 2.97. The fourth-order valence-electron chi connectivity index (χ4n) is 2.05. The molecule has 1 heterocycles. The molecule has 0 radical (unpaired) electrons. The third-order valence-corrected chi connectivity index (χ3v) is 3.83. The summed E-state index contributed by atoms with van der Waals surface area (Å²) in [6, 6.07) is 7.52. The summed E-state index contributed by atoms with van der Waals surface area (Å²) in [5, 5.41) is 1.48. The van der Waals surface area contributed by atoms with Crippen molar-refractivity contribution >= 4 is 22.7 Å². The number of para-hydroxylation sites is 1. The molecule has 0 saturated heterocycles. The Kier molecular flexibility index (Phi) is 5.61. The third kappa shape index (κ3) is 3.41. The molecular formula is C15H20N2O2S. The van der Waals surface area contributed by atoms with Crippen LogP contribution in [0.4, 0.5) is 0 Å². The first-order chi connectivity index (χ1) is 9.77. The fourth-order valence-corrected chi connectivity index (χ4v) is 2.80. The highest BCUT2D eigenvalue weighted by atomic mass is 32.2. The Morgan fingerprint density at radius 3 is 2.85 bits per heavy atom. The van der Waals surface area contributed by atoms with Gasteiger partial charge in [-0.25, -0.2) is 4.98 Å². The molecule has 1 aromatic heterocycles. The van der Waals surface area contributed by atoms with E-state index in [1.807, 2.05) is 31.2 Å². The number of thioether (sulfide) groups is 1. The number of hydrogen-bond acceptors (Lipinski definition) is 4. The van der Waals surface area contributed by atoms with Gasteiger partial charge in [-0.15, -0.1) is 0 Å². The van der Waals surface area contributed by atoms with Crippen molar-refractivity contribution in [3.05, 3.63) is 34.6 Å². The number of aromatic nitrogens is 2. The van der Waals surface area contributed by atoms with Crippen molar-refractivity contribution in [3.63, 3.8) is 0 Å². The highest BCUT2D eigenvalue weighted by Crippen LogP contribution is 2.17. The number of ether oxygens (including phenoxy) is 1. The molecule has 0 unspecified atom stereocenters. The minimum atomic E-state index is 0.0445. The molecule has 0 spiro atoms. The molecule has 5 heteroatoms. The molecule has 0 aliphatic heterocycles. The second-order valence-electron chi connectivity index (χ2n) is 4.35. The zero-order valence-corrected chi connectivity index (χ0v) is 12.8. The lowest BCUT2D eigenvalue weighted by molar-refractivity contribution is 0.140. The van der Waals surface area contributed by atoms with Gasteiger partial charge < -0.3 is 4.74 Å². The number of rotatable bonds is 7. The van der Waals surface area contributed by atoms with Crippen LogP contribution in [0, 0.1) is 0 Å². The molecule has 2 aromatic rings. The van der Waals surface area contributed by atoms with E-state index in [2.05, 4.69) is 11.9 Å². The van der Waals surface area contributed by atoms with E-state index in [0.717, 1.165) is 22.8 Å². The number of fused-ring (bicyclic) bond motifs is 1. The maximum Gasteiger partial charge on any atom is 0.262 e. The zero-order chi connectivity index (χ0) is 14.4. The first-order valence-corrected chi connectivity index (χ1v) is 7.96. The lowest BCUT2D eigenvalue weighted by atomic mass is 10.2. The Morgan fingerprint density at radius 2 is 2.10 bits per heavy atom. The summed E-state index contributed by atoms with van der Waals surface area (Å²) in [6.45, 7) is 6.07. The molecule has 20 heavy (non-hydrogen) atoms. The summed E-state index contributed by atoms with van der Waals surface area (Å²) >= 11 is 1.61. The largest absolute Gasteiger partial charge is 0.382 e. The normalized spacial score (nSPS) is 11.1. The van der Waals surface area contributed by atoms with E-state index in [-0.39, 0.29) is 5.56 Å². The van der Waals surface area contributed by atoms with Crippen molar-refractivity contribution in [2.75, 3.05) is 19.0 Å². The Balaban J connectivity index is 2.36. The molecule has 0 atom stereocenters. The second kappa shape index (κ2) is 7.45. The van der Waals surface area contributed by atoms with Gasteiger partial charge in [0.1, 0.15) is 0 Å². The van der Waals surface area contributed by atoms with E-state index in [9.17, 15) is 4.79 Å². The van der Waals surface area contributed by atoms with Gasteiger partial charge in [0.2, 0.25) is 0 Å². The topological polar surface area (TPSA) is 44.1 Å². The Hall–Kier alpha value is -1.33. The highest BCUT2D eigenvalue weighted by Gasteiger charge is 2.10. The molecule has 0 aliphatic rings. The molecule has 0 N–H and O–H groups in total. The summed E-state index contributed by atoms with van der Waals surface area (Å²) in [5.74, 6) is 0.899. The van der Waals surface area contributed by atoms with Crippen LogP contribution in [0.15, 0.2) is 34.2 Å². The molecule has 0 fully saturated rings. The molecule has 2 rings (SSSR count). The molecule has 1 aromatic carbocycles. The van der Waals surface area contributed by atoms with Crippen molar-refractivity contribution < 1.29 is 4.74 Å². The minimum Gasteiger partial charge on any atom is -0.382 e. The van der Waals surface area contributed by atoms with Crippen LogP contribution >= 0.6 is 11.8 Å². The quantitative estimate of drug-likeness (QED) is 0.447. The van der Waals surface area contributed by atoms with Crippen LogP contribution in [0.25, 0.3) is 10.9 Å². The average Bonchev–Trinajstić information content (AvgIpc) is 2.46. The standard InChI is InChI=1S/C15H20N2O2S/c1-3-19-11-7-10-17-14(18)12-8-5-6-9-13(12)16-15(17)20-4-2/h5-6,8-9H,3-4,7,10-11H2,1-2H3. The monoisotopic (exact) mass is 292 g/mol. The molecule has 0 saturated carbocycles. The minimum absolute atomic E-state index is 0.0445. The SMILES string of the molecule is CCOCCCn1c(SCC)nc2ccccc2c1=O. The van der Waals surface area contributed by atoms with Gasteiger partial charge in [0.25, 0.3) is 5.56 Å². The summed E-state index contributed by atoms with van der Waals surface area (Å²) in [6.07, 6.45) is 0.824. The van der Waals surface area contributed by atoms with Crippen molar-refractivity contribution in [2.45, 2.75) is 32.0 Å². The molecule has 4 nitrogen and oxygen atoms in total. The predicted octanol–water partition coefficient (Wildman–Crippen LogP) is 2.94. The lowest BCUT2D eigenvalue weighted by Gasteiger charge is -2.12. The Morgan fingerprint density at radius 1 is 1.30 bits per heavy atom. The van der Waals surface area contributed by atoms with Gasteiger partial charge in [-0.05, 0) is 31.2 Å². The van der Waals surface area contributed by atoms with E-state index in [4.69, 9.17) is 4.74 Å². The summed E-state index contributed by atoms with van der Waals surface area (Å²) in [4.78, 5) is 17.2. The van der Waals surface area contributed by atoms with Gasteiger partial charge in [0.15, 0.2) is 5.16 Å². The van der Waals surface area contributed by atoms with E-state index < -0.39 is 0 Å². The summed E-state index contributed by atoms with van der Waals surface area (Å²) in [7, 11) is 0. The number of nitrogens with zero attached hydrogens (tertiary/aromatic N) is 2. The van der Waals surface area contributed by atoms with Crippen LogP contribution in [-0.2, 0) is 11.3 Å². The summed E-state index contributed by atoms with van der Waals surface area (Å²) in [5.41, 5.74) is 0.817. The van der Waals surface area contributed by atoms with E-state index in [1.165, 1.54) is 0 Å².